The number of rotatable bonds is 2. The molecule has 2 aromatic rings. The number of alkyl halides is 6. The molecular formula is C15H10F6N2O. The Morgan fingerprint density at radius 3 is 1.33 bits per heavy atom. The molecule has 0 bridgehead atoms. The molecule has 0 aliphatic heterocycles. The summed E-state index contributed by atoms with van der Waals surface area (Å²) in [6.07, 6.45) is -9.61. The minimum Gasteiger partial charge on any atom is -0.398 e. The number of ketones is 1. The largest absolute Gasteiger partial charge is 0.418 e. The van der Waals surface area contributed by atoms with Crippen LogP contribution in [0.5, 0.6) is 0 Å². The molecule has 2 rings (SSSR count). The van der Waals surface area contributed by atoms with Crippen LogP contribution >= 0.6 is 0 Å². The summed E-state index contributed by atoms with van der Waals surface area (Å²) in [7, 11) is 0. The average molecular weight is 348 g/mol. The fourth-order valence-corrected chi connectivity index (χ4v) is 2.17. The van der Waals surface area contributed by atoms with Gasteiger partial charge in [0.15, 0.2) is 5.78 Å². The van der Waals surface area contributed by atoms with Crippen molar-refractivity contribution in [1.82, 2.24) is 0 Å². The van der Waals surface area contributed by atoms with Gasteiger partial charge in [-0.25, -0.2) is 0 Å². The van der Waals surface area contributed by atoms with E-state index in [0.29, 0.717) is 12.1 Å². The van der Waals surface area contributed by atoms with E-state index in [4.69, 9.17) is 11.5 Å². The number of nitrogens with two attached hydrogens (primary N) is 2. The molecule has 9 heteroatoms. The third kappa shape index (κ3) is 3.15. The van der Waals surface area contributed by atoms with E-state index in [2.05, 4.69) is 0 Å². The van der Waals surface area contributed by atoms with Gasteiger partial charge in [-0.3, -0.25) is 4.79 Å². The molecule has 0 amide bonds. The summed E-state index contributed by atoms with van der Waals surface area (Å²) in [6, 6.07) is 5.20. The number of hydrogen-bond donors (Lipinski definition) is 2. The molecule has 0 aromatic heterocycles. The maximum atomic E-state index is 12.8. The Hall–Kier alpha value is -2.71. The standard InChI is InChI=1S/C15H10F6N2O/c16-14(17,18)9-5-1-3-7(11(9)22)13(24)8-4-2-6-10(12(8)23)15(19,20)21/h1-6H,22-23H2. The Balaban J connectivity index is 2.60. The van der Waals surface area contributed by atoms with Gasteiger partial charge in [-0.05, 0) is 24.3 Å². The van der Waals surface area contributed by atoms with Gasteiger partial charge in [0, 0.05) is 11.1 Å². The molecule has 0 fully saturated rings. The summed E-state index contributed by atoms with van der Waals surface area (Å²) >= 11 is 0. The van der Waals surface area contributed by atoms with Crippen LogP contribution in [0.1, 0.15) is 27.0 Å². The van der Waals surface area contributed by atoms with E-state index >= 15 is 0 Å². The lowest BCUT2D eigenvalue weighted by Crippen LogP contribution is -2.16. The number of anilines is 2. The van der Waals surface area contributed by atoms with Crippen molar-refractivity contribution in [3.05, 3.63) is 58.7 Å². The summed E-state index contributed by atoms with van der Waals surface area (Å²) in [6.45, 7) is 0. The third-order valence-electron chi connectivity index (χ3n) is 3.31. The minimum atomic E-state index is -4.81. The lowest BCUT2D eigenvalue weighted by atomic mass is 9.96. The summed E-state index contributed by atoms with van der Waals surface area (Å²) in [5.74, 6) is -1.12. The molecule has 2 aromatic carbocycles. The van der Waals surface area contributed by atoms with Gasteiger partial charge in [0.05, 0.1) is 22.5 Å². The number of nitrogen functional groups attached to an aromatic ring is 2. The van der Waals surface area contributed by atoms with E-state index in [9.17, 15) is 31.1 Å². The van der Waals surface area contributed by atoms with Crippen molar-refractivity contribution < 1.29 is 31.1 Å². The molecule has 0 aliphatic carbocycles. The first-order valence-electron chi connectivity index (χ1n) is 6.40. The molecule has 3 nitrogen and oxygen atoms in total. The zero-order valence-corrected chi connectivity index (χ0v) is 11.8. The summed E-state index contributed by atoms with van der Waals surface area (Å²) < 4.78 is 77.0. The minimum absolute atomic E-state index is 0.573. The molecule has 0 atom stereocenters. The number of halogens is 6. The Labute approximate surface area is 131 Å². The van der Waals surface area contributed by atoms with Gasteiger partial charge in [-0.1, -0.05) is 12.1 Å². The van der Waals surface area contributed by atoms with E-state index < -0.39 is 51.8 Å². The second kappa shape index (κ2) is 5.73. The van der Waals surface area contributed by atoms with Crippen LogP contribution in [0.4, 0.5) is 37.7 Å². The lowest BCUT2D eigenvalue weighted by Gasteiger charge is -2.15. The number of para-hydroxylation sites is 2. The maximum Gasteiger partial charge on any atom is 0.418 e. The van der Waals surface area contributed by atoms with Gasteiger partial charge in [0.2, 0.25) is 0 Å². The molecule has 4 N–H and O–H groups in total. The van der Waals surface area contributed by atoms with Crippen LogP contribution in [-0.4, -0.2) is 5.78 Å². The van der Waals surface area contributed by atoms with E-state index in [0.717, 1.165) is 24.3 Å². The van der Waals surface area contributed by atoms with Crippen molar-refractivity contribution in [2.75, 3.05) is 11.5 Å². The number of carbonyl (C=O) groups excluding carboxylic acids is 1. The number of carbonyl (C=O) groups is 1. The number of benzene rings is 2. The highest BCUT2D eigenvalue weighted by atomic mass is 19.4. The van der Waals surface area contributed by atoms with Crippen molar-refractivity contribution >= 4 is 17.2 Å². The summed E-state index contributed by atoms with van der Waals surface area (Å²) in [5, 5.41) is 0. The van der Waals surface area contributed by atoms with Crippen molar-refractivity contribution in [3.8, 4) is 0 Å². The fourth-order valence-electron chi connectivity index (χ4n) is 2.17. The lowest BCUT2D eigenvalue weighted by molar-refractivity contribution is -0.137. The monoisotopic (exact) mass is 348 g/mol. The van der Waals surface area contributed by atoms with Gasteiger partial charge in [0.1, 0.15) is 0 Å². The van der Waals surface area contributed by atoms with E-state index in [1.165, 1.54) is 0 Å². The fraction of sp³-hybridized carbons (Fsp3) is 0.133. The topological polar surface area (TPSA) is 69.1 Å². The second-order valence-corrected chi connectivity index (χ2v) is 4.86. The zero-order chi connectivity index (χ0) is 18.3. The highest BCUT2D eigenvalue weighted by Gasteiger charge is 2.36. The third-order valence-corrected chi connectivity index (χ3v) is 3.31. The number of hydrogen-bond acceptors (Lipinski definition) is 3. The van der Waals surface area contributed by atoms with Crippen LogP contribution < -0.4 is 11.5 Å². The smallest absolute Gasteiger partial charge is 0.398 e. The molecule has 0 unspecified atom stereocenters. The summed E-state index contributed by atoms with van der Waals surface area (Å²) in [5.41, 5.74) is 5.37. The van der Waals surface area contributed by atoms with E-state index in [1.54, 1.807) is 0 Å². The van der Waals surface area contributed by atoms with E-state index in [1.807, 2.05) is 0 Å². The van der Waals surface area contributed by atoms with Crippen molar-refractivity contribution in [3.63, 3.8) is 0 Å². The highest BCUT2D eigenvalue weighted by Crippen LogP contribution is 2.38. The molecular weight excluding hydrogens is 338 g/mol. The van der Waals surface area contributed by atoms with Gasteiger partial charge >= 0.3 is 12.4 Å². The van der Waals surface area contributed by atoms with Crippen LogP contribution in [0.25, 0.3) is 0 Å². The van der Waals surface area contributed by atoms with Crippen LogP contribution in [-0.2, 0) is 12.4 Å². The van der Waals surface area contributed by atoms with Crippen molar-refractivity contribution in [1.29, 1.82) is 0 Å². The molecule has 0 heterocycles. The molecule has 0 saturated heterocycles. The van der Waals surface area contributed by atoms with Gasteiger partial charge < -0.3 is 11.5 Å². The van der Waals surface area contributed by atoms with Crippen molar-refractivity contribution in [2.24, 2.45) is 0 Å². The van der Waals surface area contributed by atoms with Gasteiger partial charge in [-0.15, -0.1) is 0 Å². The normalized spacial score (nSPS) is 12.2. The average Bonchev–Trinajstić information content (AvgIpc) is 2.44. The Morgan fingerprint density at radius 2 is 1.04 bits per heavy atom. The van der Waals surface area contributed by atoms with Crippen molar-refractivity contribution in [2.45, 2.75) is 12.4 Å². The first-order chi connectivity index (χ1) is 10.9. The van der Waals surface area contributed by atoms with Gasteiger partial charge in [0.25, 0.3) is 0 Å². The molecule has 128 valence electrons. The second-order valence-electron chi connectivity index (χ2n) is 4.86. The van der Waals surface area contributed by atoms with Crippen LogP contribution in [0, 0.1) is 0 Å². The highest BCUT2D eigenvalue weighted by molar-refractivity contribution is 6.15. The Morgan fingerprint density at radius 1 is 0.708 bits per heavy atom. The predicted molar refractivity (Wildman–Crippen MR) is 75.1 cm³/mol. The van der Waals surface area contributed by atoms with Gasteiger partial charge in [-0.2, -0.15) is 26.3 Å². The molecule has 0 aliphatic rings. The summed E-state index contributed by atoms with van der Waals surface area (Å²) in [4.78, 5) is 12.4. The maximum absolute atomic E-state index is 12.8. The van der Waals surface area contributed by atoms with Crippen LogP contribution in [0.3, 0.4) is 0 Å². The zero-order valence-electron chi connectivity index (χ0n) is 11.8. The SMILES string of the molecule is Nc1c(C(=O)c2cccc(C(F)(F)F)c2N)cccc1C(F)(F)F. The quantitative estimate of drug-likeness (QED) is 0.487. The molecule has 24 heavy (non-hydrogen) atoms. The van der Waals surface area contributed by atoms with Crippen LogP contribution in [0.15, 0.2) is 36.4 Å². The first-order valence-corrected chi connectivity index (χ1v) is 6.40. The molecule has 0 spiro atoms. The van der Waals surface area contributed by atoms with Crippen LogP contribution in [0.2, 0.25) is 0 Å². The molecule has 0 saturated carbocycles. The Bertz CT molecular complexity index is 730. The first kappa shape index (κ1) is 17.6. The molecule has 0 radical (unpaired) electrons. The van der Waals surface area contributed by atoms with E-state index in [-0.39, 0.29) is 0 Å². The Kier molecular flexibility index (Phi) is 4.21. The predicted octanol–water partition coefficient (Wildman–Crippen LogP) is 4.12.